The number of carbonyl (C=O) groups excluding carboxylic acids is 2. The average molecular weight is 235 g/mol. The number of rotatable bonds is 6. The van der Waals surface area contributed by atoms with Gasteiger partial charge in [0.1, 0.15) is 5.75 Å². The van der Waals surface area contributed by atoms with Gasteiger partial charge in [0.05, 0.1) is 5.56 Å². The summed E-state index contributed by atoms with van der Waals surface area (Å²) in [5.74, 6) is 0.252. The Hall–Kier alpha value is -1.84. The second kappa shape index (κ2) is 6.68. The van der Waals surface area contributed by atoms with Crippen LogP contribution in [0.3, 0.4) is 0 Å². The van der Waals surface area contributed by atoms with Crippen LogP contribution >= 0.6 is 0 Å². The van der Waals surface area contributed by atoms with E-state index in [0.717, 1.165) is 6.42 Å². The quantitative estimate of drug-likeness (QED) is 0.765. The van der Waals surface area contributed by atoms with Crippen LogP contribution in [0.25, 0.3) is 0 Å². The van der Waals surface area contributed by atoms with E-state index < -0.39 is 0 Å². The summed E-state index contributed by atoms with van der Waals surface area (Å²) in [5.41, 5.74) is 0.448. The highest BCUT2D eigenvalue weighted by molar-refractivity contribution is 5.80. The fraction of sp³-hybridized carbons (Fsp3) is 0.385. The molecule has 0 aliphatic rings. The van der Waals surface area contributed by atoms with E-state index in [9.17, 15) is 9.59 Å². The highest BCUT2D eigenvalue weighted by atomic mass is 16.5. The zero-order chi connectivity index (χ0) is 12.7. The molecule has 0 saturated carbocycles. The van der Waals surface area contributed by atoms with E-state index in [1.54, 1.807) is 24.3 Å². The van der Waals surface area contributed by atoms with Crippen LogP contribution < -0.4 is 10.1 Å². The van der Waals surface area contributed by atoms with Gasteiger partial charge in [0.2, 0.25) is 0 Å². The molecule has 0 aliphatic carbocycles. The van der Waals surface area contributed by atoms with E-state index >= 15 is 0 Å². The molecule has 0 bridgehead atoms. The molecule has 17 heavy (non-hydrogen) atoms. The summed E-state index contributed by atoms with van der Waals surface area (Å²) in [6.45, 7) is 3.85. The van der Waals surface area contributed by atoms with Crippen LogP contribution in [0.5, 0.6) is 5.75 Å². The van der Waals surface area contributed by atoms with Crippen molar-refractivity contribution < 1.29 is 14.3 Å². The Morgan fingerprint density at radius 3 is 2.82 bits per heavy atom. The molecule has 1 aromatic carbocycles. The van der Waals surface area contributed by atoms with Crippen molar-refractivity contribution in [3.63, 3.8) is 0 Å². The molecule has 0 radical (unpaired) electrons. The Morgan fingerprint density at radius 1 is 1.47 bits per heavy atom. The third-order valence-corrected chi connectivity index (χ3v) is 2.42. The van der Waals surface area contributed by atoms with Crippen molar-refractivity contribution in [1.82, 2.24) is 5.32 Å². The molecule has 0 spiro atoms. The predicted octanol–water partition coefficient (Wildman–Crippen LogP) is 1.79. The SMILES string of the molecule is CC[C@H](C)NC(=O)COc1ccccc1C=O. The van der Waals surface area contributed by atoms with Crippen molar-refractivity contribution in [2.75, 3.05) is 6.61 Å². The Bertz CT molecular complexity index is 390. The van der Waals surface area contributed by atoms with E-state index in [0.29, 0.717) is 17.6 Å². The summed E-state index contributed by atoms with van der Waals surface area (Å²) >= 11 is 0. The van der Waals surface area contributed by atoms with E-state index in [1.807, 2.05) is 13.8 Å². The number of nitrogens with one attached hydrogen (secondary N) is 1. The van der Waals surface area contributed by atoms with E-state index in [4.69, 9.17) is 4.74 Å². The second-order valence-corrected chi connectivity index (χ2v) is 3.82. The highest BCUT2D eigenvalue weighted by Gasteiger charge is 2.07. The molecule has 0 unspecified atom stereocenters. The first kappa shape index (κ1) is 13.2. The average Bonchev–Trinajstić information content (AvgIpc) is 2.36. The number of aldehydes is 1. The molecular formula is C13H17NO3. The smallest absolute Gasteiger partial charge is 0.258 e. The van der Waals surface area contributed by atoms with Crippen molar-refractivity contribution in [2.45, 2.75) is 26.3 Å². The summed E-state index contributed by atoms with van der Waals surface area (Å²) in [6.07, 6.45) is 1.58. The summed E-state index contributed by atoms with van der Waals surface area (Å²) in [4.78, 5) is 22.2. The topological polar surface area (TPSA) is 55.4 Å². The first-order valence-corrected chi connectivity index (χ1v) is 5.63. The largest absolute Gasteiger partial charge is 0.483 e. The lowest BCUT2D eigenvalue weighted by atomic mass is 10.2. The maximum Gasteiger partial charge on any atom is 0.258 e. The number of para-hydroxylation sites is 1. The lowest BCUT2D eigenvalue weighted by Gasteiger charge is -2.12. The zero-order valence-corrected chi connectivity index (χ0v) is 10.1. The molecule has 4 heteroatoms. The summed E-state index contributed by atoms with van der Waals surface area (Å²) in [5, 5.41) is 2.79. The third-order valence-electron chi connectivity index (χ3n) is 2.42. The molecule has 1 amide bonds. The summed E-state index contributed by atoms with van der Waals surface area (Å²) < 4.78 is 5.29. The minimum atomic E-state index is -0.181. The first-order chi connectivity index (χ1) is 8.17. The van der Waals surface area contributed by atoms with Crippen molar-refractivity contribution in [2.24, 2.45) is 0 Å². The number of amides is 1. The van der Waals surface area contributed by atoms with E-state index in [-0.39, 0.29) is 18.6 Å². The molecule has 0 heterocycles. The standard InChI is InChI=1S/C13H17NO3/c1-3-10(2)14-13(16)9-17-12-7-5-4-6-11(12)8-15/h4-8,10H,3,9H2,1-2H3,(H,14,16)/t10-/m0/s1. The maximum atomic E-state index is 11.5. The molecular weight excluding hydrogens is 218 g/mol. The van der Waals surface area contributed by atoms with Gasteiger partial charge in [-0.15, -0.1) is 0 Å². The van der Waals surface area contributed by atoms with Gasteiger partial charge in [0.15, 0.2) is 12.9 Å². The van der Waals surface area contributed by atoms with E-state index in [1.165, 1.54) is 0 Å². The van der Waals surface area contributed by atoms with Crippen LogP contribution in [0.2, 0.25) is 0 Å². The van der Waals surface area contributed by atoms with Crippen molar-refractivity contribution in [3.05, 3.63) is 29.8 Å². The van der Waals surface area contributed by atoms with Crippen LogP contribution in [0, 0.1) is 0 Å². The zero-order valence-electron chi connectivity index (χ0n) is 10.1. The van der Waals surface area contributed by atoms with Crippen molar-refractivity contribution in [3.8, 4) is 5.75 Å². The Labute approximate surface area is 101 Å². The van der Waals surface area contributed by atoms with Gasteiger partial charge >= 0.3 is 0 Å². The second-order valence-electron chi connectivity index (χ2n) is 3.82. The molecule has 0 saturated heterocycles. The number of ether oxygens (including phenoxy) is 1. The van der Waals surface area contributed by atoms with Gasteiger partial charge < -0.3 is 10.1 Å². The molecule has 0 aromatic heterocycles. The lowest BCUT2D eigenvalue weighted by molar-refractivity contribution is -0.123. The summed E-state index contributed by atoms with van der Waals surface area (Å²) in [6, 6.07) is 6.95. The third kappa shape index (κ3) is 4.26. The molecule has 1 N–H and O–H groups in total. The molecule has 92 valence electrons. The van der Waals surface area contributed by atoms with Gasteiger partial charge in [-0.25, -0.2) is 0 Å². The van der Waals surface area contributed by atoms with Gasteiger partial charge in [-0.1, -0.05) is 19.1 Å². The van der Waals surface area contributed by atoms with Gasteiger partial charge in [-0.3, -0.25) is 9.59 Å². The Balaban J connectivity index is 2.50. The number of hydrogen-bond acceptors (Lipinski definition) is 3. The van der Waals surface area contributed by atoms with Crippen LogP contribution in [0.15, 0.2) is 24.3 Å². The van der Waals surface area contributed by atoms with Crippen LogP contribution in [-0.2, 0) is 4.79 Å². The van der Waals surface area contributed by atoms with Gasteiger partial charge in [-0.05, 0) is 25.5 Å². The van der Waals surface area contributed by atoms with Crippen LogP contribution in [0.1, 0.15) is 30.6 Å². The van der Waals surface area contributed by atoms with Crippen LogP contribution in [0.4, 0.5) is 0 Å². The van der Waals surface area contributed by atoms with Crippen molar-refractivity contribution in [1.29, 1.82) is 0 Å². The molecule has 0 fully saturated rings. The van der Waals surface area contributed by atoms with Gasteiger partial charge in [-0.2, -0.15) is 0 Å². The molecule has 1 rings (SSSR count). The first-order valence-electron chi connectivity index (χ1n) is 5.63. The predicted molar refractivity (Wildman–Crippen MR) is 65.2 cm³/mol. The number of carbonyl (C=O) groups is 2. The highest BCUT2D eigenvalue weighted by Crippen LogP contribution is 2.15. The molecule has 4 nitrogen and oxygen atoms in total. The minimum absolute atomic E-state index is 0.0742. The molecule has 0 aliphatic heterocycles. The van der Waals surface area contributed by atoms with Crippen molar-refractivity contribution >= 4 is 12.2 Å². The van der Waals surface area contributed by atoms with Crippen LogP contribution in [-0.4, -0.2) is 24.8 Å². The lowest BCUT2D eigenvalue weighted by Crippen LogP contribution is -2.35. The maximum absolute atomic E-state index is 11.5. The minimum Gasteiger partial charge on any atom is -0.483 e. The fourth-order valence-electron chi connectivity index (χ4n) is 1.27. The monoisotopic (exact) mass is 235 g/mol. The molecule has 1 atom stereocenters. The van der Waals surface area contributed by atoms with E-state index in [2.05, 4.69) is 5.32 Å². The number of benzene rings is 1. The van der Waals surface area contributed by atoms with Gasteiger partial charge in [0.25, 0.3) is 5.91 Å². The molecule has 1 aromatic rings. The number of hydrogen-bond donors (Lipinski definition) is 1. The normalized spacial score (nSPS) is 11.6. The Morgan fingerprint density at radius 2 is 2.18 bits per heavy atom. The fourth-order valence-corrected chi connectivity index (χ4v) is 1.27. The van der Waals surface area contributed by atoms with Gasteiger partial charge in [0, 0.05) is 6.04 Å². The Kier molecular flexibility index (Phi) is 5.20. The summed E-state index contributed by atoms with van der Waals surface area (Å²) in [7, 11) is 0.